The molecule has 2 N–H and O–H groups in total. The zero-order valence-corrected chi connectivity index (χ0v) is 10.1. The van der Waals surface area contributed by atoms with Gasteiger partial charge in [0.2, 0.25) is 5.95 Å². The lowest BCUT2D eigenvalue weighted by Gasteiger charge is -2.06. The monoisotopic (exact) mass is 242 g/mol. The van der Waals surface area contributed by atoms with Gasteiger partial charge in [-0.1, -0.05) is 0 Å². The highest BCUT2D eigenvalue weighted by Crippen LogP contribution is 2.18. The Morgan fingerprint density at radius 1 is 1.28 bits per heavy atom. The molecule has 3 aromatic heterocycles. The Morgan fingerprint density at radius 2 is 2.17 bits per heavy atom. The van der Waals surface area contributed by atoms with Gasteiger partial charge in [0.05, 0.1) is 6.33 Å². The molecule has 0 radical (unpaired) electrons. The van der Waals surface area contributed by atoms with Crippen LogP contribution >= 0.6 is 0 Å². The van der Waals surface area contributed by atoms with Crippen LogP contribution in [-0.2, 0) is 13.1 Å². The molecule has 0 unspecified atom stereocenters. The van der Waals surface area contributed by atoms with Crippen molar-refractivity contribution < 1.29 is 0 Å². The standard InChI is InChI=1S/C12H14N6/c1-9-2-3-15-11-10(9)16-12(13)18(11)7-6-17-5-4-14-8-17/h2-5,8H,6-7H2,1H3,(H2,13,16). The van der Waals surface area contributed by atoms with Crippen molar-refractivity contribution in [3.05, 3.63) is 36.5 Å². The van der Waals surface area contributed by atoms with Gasteiger partial charge in [-0.3, -0.25) is 4.57 Å². The van der Waals surface area contributed by atoms with Gasteiger partial charge in [0.1, 0.15) is 5.52 Å². The van der Waals surface area contributed by atoms with E-state index in [0.29, 0.717) is 5.95 Å². The van der Waals surface area contributed by atoms with E-state index in [1.807, 2.05) is 28.3 Å². The minimum absolute atomic E-state index is 0.506. The molecule has 0 spiro atoms. The Bertz CT molecular complexity index is 667. The Hall–Kier alpha value is -2.37. The second-order valence-electron chi connectivity index (χ2n) is 4.22. The van der Waals surface area contributed by atoms with Crippen molar-refractivity contribution in [1.82, 2.24) is 24.1 Å². The second-order valence-corrected chi connectivity index (χ2v) is 4.22. The first kappa shape index (κ1) is 10.8. The second kappa shape index (κ2) is 4.14. The number of aryl methyl sites for hydroxylation is 3. The van der Waals surface area contributed by atoms with E-state index < -0.39 is 0 Å². The molecule has 0 saturated carbocycles. The lowest BCUT2D eigenvalue weighted by molar-refractivity contribution is 0.591. The molecular formula is C12H14N6. The molecule has 3 heterocycles. The van der Waals surface area contributed by atoms with E-state index >= 15 is 0 Å². The minimum atomic E-state index is 0.506. The van der Waals surface area contributed by atoms with Crippen LogP contribution in [0.15, 0.2) is 31.0 Å². The van der Waals surface area contributed by atoms with Crippen molar-refractivity contribution in [2.24, 2.45) is 0 Å². The summed E-state index contributed by atoms with van der Waals surface area (Å²) in [4.78, 5) is 12.7. The number of hydrogen-bond donors (Lipinski definition) is 1. The Balaban J connectivity index is 1.96. The first-order valence-electron chi connectivity index (χ1n) is 5.79. The number of rotatable bonds is 3. The van der Waals surface area contributed by atoms with Crippen molar-refractivity contribution in [2.45, 2.75) is 20.0 Å². The minimum Gasteiger partial charge on any atom is -0.369 e. The van der Waals surface area contributed by atoms with E-state index in [2.05, 4.69) is 15.0 Å². The highest BCUT2D eigenvalue weighted by molar-refractivity contribution is 5.77. The van der Waals surface area contributed by atoms with E-state index in [9.17, 15) is 0 Å². The fourth-order valence-corrected chi connectivity index (χ4v) is 2.01. The summed E-state index contributed by atoms with van der Waals surface area (Å²) < 4.78 is 3.93. The third-order valence-electron chi connectivity index (χ3n) is 3.01. The van der Waals surface area contributed by atoms with Crippen LogP contribution in [-0.4, -0.2) is 24.1 Å². The quantitative estimate of drug-likeness (QED) is 0.749. The Morgan fingerprint density at radius 3 is 2.94 bits per heavy atom. The van der Waals surface area contributed by atoms with Crippen molar-refractivity contribution in [3.63, 3.8) is 0 Å². The summed E-state index contributed by atoms with van der Waals surface area (Å²) in [6, 6.07) is 1.94. The highest BCUT2D eigenvalue weighted by Gasteiger charge is 2.10. The van der Waals surface area contributed by atoms with Crippen LogP contribution in [0.5, 0.6) is 0 Å². The number of nitrogens with two attached hydrogens (primary N) is 1. The molecule has 0 aliphatic rings. The van der Waals surface area contributed by atoms with Crippen LogP contribution in [0.4, 0.5) is 5.95 Å². The number of aromatic nitrogens is 5. The van der Waals surface area contributed by atoms with E-state index in [0.717, 1.165) is 29.8 Å². The lowest BCUT2D eigenvalue weighted by Crippen LogP contribution is -2.09. The largest absolute Gasteiger partial charge is 0.369 e. The molecule has 0 saturated heterocycles. The van der Waals surface area contributed by atoms with Gasteiger partial charge < -0.3 is 10.3 Å². The van der Waals surface area contributed by atoms with Crippen LogP contribution < -0.4 is 5.73 Å². The van der Waals surface area contributed by atoms with E-state index in [4.69, 9.17) is 5.73 Å². The van der Waals surface area contributed by atoms with Crippen molar-refractivity contribution in [2.75, 3.05) is 5.73 Å². The topological polar surface area (TPSA) is 74.5 Å². The molecule has 92 valence electrons. The number of nitrogen functional groups attached to an aromatic ring is 1. The van der Waals surface area contributed by atoms with E-state index in [1.165, 1.54) is 0 Å². The molecular weight excluding hydrogens is 228 g/mol. The fraction of sp³-hybridized carbons (Fsp3) is 0.250. The number of nitrogens with zero attached hydrogens (tertiary/aromatic N) is 5. The van der Waals surface area contributed by atoms with Crippen LogP contribution in [0.2, 0.25) is 0 Å². The maximum Gasteiger partial charge on any atom is 0.202 e. The Labute approximate surface area is 104 Å². The van der Waals surface area contributed by atoms with Gasteiger partial charge in [-0.25, -0.2) is 15.0 Å². The van der Waals surface area contributed by atoms with Crippen molar-refractivity contribution in [1.29, 1.82) is 0 Å². The third-order valence-corrected chi connectivity index (χ3v) is 3.01. The average molecular weight is 242 g/mol. The predicted octanol–water partition coefficient (Wildman–Crippen LogP) is 1.22. The lowest BCUT2D eigenvalue weighted by atomic mass is 10.3. The first-order chi connectivity index (χ1) is 8.75. The molecule has 6 heteroatoms. The summed E-state index contributed by atoms with van der Waals surface area (Å²) in [7, 11) is 0. The van der Waals surface area contributed by atoms with Gasteiger partial charge in [0.15, 0.2) is 5.65 Å². The van der Waals surface area contributed by atoms with E-state index in [1.54, 1.807) is 18.7 Å². The van der Waals surface area contributed by atoms with Gasteiger partial charge in [-0.2, -0.15) is 0 Å². The fourth-order valence-electron chi connectivity index (χ4n) is 2.01. The normalized spacial score (nSPS) is 11.2. The molecule has 0 atom stereocenters. The molecule has 0 bridgehead atoms. The zero-order valence-electron chi connectivity index (χ0n) is 10.1. The molecule has 0 amide bonds. The van der Waals surface area contributed by atoms with Gasteiger partial charge >= 0.3 is 0 Å². The number of pyridine rings is 1. The number of anilines is 1. The zero-order chi connectivity index (χ0) is 12.5. The molecule has 0 aliphatic heterocycles. The summed E-state index contributed by atoms with van der Waals surface area (Å²) in [5, 5.41) is 0. The molecule has 0 aliphatic carbocycles. The number of fused-ring (bicyclic) bond motifs is 1. The van der Waals surface area contributed by atoms with Crippen molar-refractivity contribution in [3.8, 4) is 0 Å². The molecule has 18 heavy (non-hydrogen) atoms. The van der Waals surface area contributed by atoms with Crippen molar-refractivity contribution >= 4 is 17.1 Å². The molecule has 0 aromatic carbocycles. The average Bonchev–Trinajstić information content (AvgIpc) is 2.95. The van der Waals surface area contributed by atoms with Gasteiger partial charge in [0, 0.05) is 31.7 Å². The third kappa shape index (κ3) is 1.71. The summed E-state index contributed by atoms with van der Waals surface area (Å²) in [6.07, 6.45) is 7.26. The van der Waals surface area contributed by atoms with Gasteiger partial charge in [-0.15, -0.1) is 0 Å². The van der Waals surface area contributed by atoms with Gasteiger partial charge in [-0.05, 0) is 18.6 Å². The van der Waals surface area contributed by atoms with Crippen LogP contribution in [0.25, 0.3) is 11.2 Å². The maximum absolute atomic E-state index is 5.95. The summed E-state index contributed by atoms with van der Waals surface area (Å²) in [5.41, 5.74) is 8.76. The predicted molar refractivity (Wildman–Crippen MR) is 68.9 cm³/mol. The summed E-state index contributed by atoms with van der Waals surface area (Å²) >= 11 is 0. The maximum atomic E-state index is 5.95. The number of hydrogen-bond acceptors (Lipinski definition) is 4. The van der Waals surface area contributed by atoms with Crippen LogP contribution in [0.3, 0.4) is 0 Å². The molecule has 0 fully saturated rings. The summed E-state index contributed by atoms with van der Waals surface area (Å²) in [6.45, 7) is 3.54. The molecule has 3 aromatic rings. The van der Waals surface area contributed by atoms with Crippen LogP contribution in [0, 0.1) is 6.92 Å². The Kier molecular flexibility index (Phi) is 2.47. The molecule has 3 rings (SSSR count). The first-order valence-corrected chi connectivity index (χ1v) is 5.79. The smallest absolute Gasteiger partial charge is 0.202 e. The van der Waals surface area contributed by atoms with Crippen LogP contribution in [0.1, 0.15) is 5.56 Å². The van der Waals surface area contributed by atoms with E-state index in [-0.39, 0.29) is 0 Å². The summed E-state index contributed by atoms with van der Waals surface area (Å²) in [5.74, 6) is 0.506. The molecule has 6 nitrogen and oxygen atoms in total. The SMILES string of the molecule is Cc1ccnc2c1nc(N)n2CCn1ccnc1. The van der Waals surface area contributed by atoms with Gasteiger partial charge in [0.25, 0.3) is 0 Å². The number of imidazole rings is 2. The highest BCUT2D eigenvalue weighted by atomic mass is 15.2.